The molecule has 0 radical (unpaired) electrons. The van der Waals surface area contributed by atoms with Crippen LogP contribution in [-0.4, -0.2) is 29.4 Å². The molecule has 0 amide bonds. The number of thiophene rings is 2. The smallest absolute Gasteiger partial charge is 0.231 e. The van der Waals surface area contributed by atoms with Gasteiger partial charge in [0, 0.05) is 9.00 Å². The molecule has 136 valence electrons. The Labute approximate surface area is 156 Å². The summed E-state index contributed by atoms with van der Waals surface area (Å²) in [6, 6.07) is 0. The van der Waals surface area contributed by atoms with Crippen molar-refractivity contribution in [3.8, 4) is 9.75 Å². The van der Waals surface area contributed by atoms with Gasteiger partial charge in [0.05, 0.1) is 50.2 Å². The van der Waals surface area contributed by atoms with E-state index in [1.165, 1.54) is 22.7 Å². The summed E-state index contributed by atoms with van der Waals surface area (Å²) < 4.78 is 44.3. The van der Waals surface area contributed by atoms with E-state index in [1.807, 2.05) is 0 Å². The molecule has 25 heavy (non-hydrogen) atoms. The molecule has 0 atom stereocenters. The van der Waals surface area contributed by atoms with Gasteiger partial charge in [-0.15, -0.1) is 22.7 Å². The first-order chi connectivity index (χ1) is 11.5. The highest BCUT2D eigenvalue weighted by Gasteiger charge is 2.56. The van der Waals surface area contributed by atoms with Crippen LogP contribution in [0.5, 0.6) is 0 Å². The van der Waals surface area contributed by atoms with Gasteiger partial charge in [-0.1, -0.05) is 39.3 Å². The maximum absolute atomic E-state index is 15.4. The van der Waals surface area contributed by atoms with Gasteiger partial charge in [-0.05, 0) is 0 Å². The van der Waals surface area contributed by atoms with Crippen LogP contribution in [-0.2, 0) is 15.3 Å². The van der Waals surface area contributed by atoms with E-state index < -0.39 is 21.9 Å². The van der Waals surface area contributed by atoms with Crippen molar-refractivity contribution in [3.05, 3.63) is 22.8 Å². The fraction of sp³-hybridized carbons (Fsp3) is 0.529. The number of hydrogen-bond acceptors (Lipinski definition) is 4. The maximum atomic E-state index is 15.4. The van der Waals surface area contributed by atoms with E-state index in [0.29, 0.717) is 24.3 Å². The van der Waals surface area contributed by atoms with Crippen molar-refractivity contribution in [3.63, 3.8) is 0 Å². The average Bonchev–Trinajstić information content (AvgIpc) is 3.16. The van der Waals surface area contributed by atoms with E-state index in [-0.39, 0.29) is 11.6 Å². The molecule has 0 bridgehead atoms. The lowest BCUT2D eigenvalue weighted by Crippen LogP contribution is -2.40. The predicted octanol–water partition coefficient (Wildman–Crippen LogP) is 4.41. The third-order valence-corrected chi connectivity index (χ3v) is 14.2. The Morgan fingerprint density at radius 3 is 1.44 bits per heavy atom. The lowest BCUT2D eigenvalue weighted by Gasteiger charge is -2.25. The summed E-state index contributed by atoms with van der Waals surface area (Å²) in [5.74, 6) is -1.85. The minimum absolute atomic E-state index is 0.238. The highest BCUT2D eigenvalue weighted by Crippen LogP contribution is 2.57. The molecule has 1 aliphatic heterocycles. The highest BCUT2D eigenvalue weighted by molar-refractivity contribution is 7.34. The van der Waals surface area contributed by atoms with Crippen molar-refractivity contribution in [1.29, 1.82) is 0 Å². The second-order valence-corrected chi connectivity index (χ2v) is 21.5. The normalized spacial score (nSPS) is 18.9. The van der Waals surface area contributed by atoms with Crippen LogP contribution in [0.15, 0.2) is 0 Å². The van der Waals surface area contributed by atoms with E-state index in [4.69, 9.17) is 9.47 Å². The summed E-state index contributed by atoms with van der Waals surface area (Å²) >= 11 is 2.96. The van der Waals surface area contributed by atoms with Crippen molar-refractivity contribution in [2.75, 3.05) is 13.2 Å². The maximum Gasteiger partial charge on any atom is 0.231 e. The average molecular weight is 417 g/mol. The fourth-order valence-electron chi connectivity index (χ4n) is 3.52. The van der Waals surface area contributed by atoms with E-state index in [2.05, 4.69) is 39.3 Å². The molecule has 0 aromatic carbocycles. The Balaban J connectivity index is 2.05. The van der Waals surface area contributed by atoms with Gasteiger partial charge >= 0.3 is 0 Å². The zero-order valence-electron chi connectivity index (χ0n) is 15.3. The molecule has 2 aromatic heterocycles. The number of rotatable bonds is 2. The Hall–Kier alpha value is -0.386. The first-order valence-electron chi connectivity index (χ1n) is 8.43. The van der Waals surface area contributed by atoms with Gasteiger partial charge in [0.15, 0.2) is 0 Å². The molecular weight excluding hydrogens is 394 g/mol. The molecule has 3 heterocycles. The molecule has 2 nitrogen and oxygen atoms in total. The van der Waals surface area contributed by atoms with Crippen LogP contribution in [0, 0.1) is 11.6 Å². The molecule has 0 saturated carbocycles. The largest absolute Gasteiger partial charge is 0.340 e. The van der Waals surface area contributed by atoms with Gasteiger partial charge in [0.25, 0.3) is 0 Å². The predicted molar refractivity (Wildman–Crippen MR) is 106 cm³/mol. The number of ether oxygens (including phenoxy) is 2. The van der Waals surface area contributed by atoms with E-state index in [0.717, 1.165) is 18.8 Å². The molecule has 1 fully saturated rings. The molecule has 1 aliphatic carbocycles. The van der Waals surface area contributed by atoms with Gasteiger partial charge in [-0.2, -0.15) is 0 Å². The second-order valence-electron chi connectivity index (χ2n) is 8.71. The van der Waals surface area contributed by atoms with Crippen molar-refractivity contribution >= 4 is 47.8 Å². The standard InChI is InChI=1S/C17H22F2O2S2Si2/c1-24(2,3)15-11(18)9-13(22-15)14-10(17(9)20-7-8-21-17)12(19)16(23-14)25(4,5)6/h7-8H2,1-6H3. The molecular formula is C17H22F2O2S2Si2. The Kier molecular flexibility index (Phi) is 3.83. The van der Waals surface area contributed by atoms with Crippen LogP contribution in [0.3, 0.4) is 0 Å². The van der Waals surface area contributed by atoms with Gasteiger partial charge in [-0.3, -0.25) is 0 Å². The van der Waals surface area contributed by atoms with Gasteiger partial charge in [0.2, 0.25) is 5.79 Å². The monoisotopic (exact) mass is 416 g/mol. The Morgan fingerprint density at radius 1 is 0.760 bits per heavy atom. The van der Waals surface area contributed by atoms with Crippen LogP contribution in [0.4, 0.5) is 8.78 Å². The SMILES string of the molecule is C[Si](C)(C)c1sc2c(c1F)C1(OCCO1)c1c-2sc([Si](C)(C)C)c1F. The molecule has 4 rings (SSSR count). The zero-order chi connectivity index (χ0) is 18.4. The molecule has 1 spiro atoms. The van der Waals surface area contributed by atoms with Crippen molar-refractivity contribution < 1.29 is 18.3 Å². The zero-order valence-corrected chi connectivity index (χ0v) is 18.9. The van der Waals surface area contributed by atoms with Gasteiger partial charge in [-0.25, -0.2) is 8.78 Å². The summed E-state index contributed by atoms with van der Waals surface area (Å²) in [6.07, 6.45) is 0. The Morgan fingerprint density at radius 2 is 1.12 bits per heavy atom. The summed E-state index contributed by atoms with van der Waals surface area (Å²) in [5, 5.41) is 0. The number of fused-ring (bicyclic) bond motifs is 5. The van der Waals surface area contributed by atoms with Gasteiger partial charge in [0.1, 0.15) is 11.6 Å². The van der Waals surface area contributed by atoms with E-state index in [9.17, 15) is 0 Å². The van der Waals surface area contributed by atoms with Crippen LogP contribution in [0.1, 0.15) is 11.1 Å². The molecule has 0 N–H and O–H groups in total. The Bertz CT molecular complexity index is 803. The molecule has 8 heteroatoms. The lowest BCUT2D eigenvalue weighted by molar-refractivity contribution is -0.129. The van der Waals surface area contributed by atoms with E-state index >= 15 is 8.78 Å². The molecule has 0 unspecified atom stereocenters. The summed E-state index contributed by atoms with van der Waals surface area (Å²) in [6.45, 7) is 13.5. The van der Waals surface area contributed by atoms with Crippen LogP contribution >= 0.6 is 22.7 Å². The van der Waals surface area contributed by atoms with Crippen LogP contribution < -0.4 is 9.00 Å². The molecule has 1 saturated heterocycles. The van der Waals surface area contributed by atoms with Crippen molar-refractivity contribution in [1.82, 2.24) is 0 Å². The van der Waals surface area contributed by atoms with E-state index in [1.54, 1.807) is 0 Å². The molecule has 2 aliphatic rings. The summed E-state index contributed by atoms with van der Waals surface area (Å²) in [7, 11) is -3.70. The second kappa shape index (κ2) is 5.33. The summed E-state index contributed by atoms with van der Waals surface area (Å²) in [4.78, 5) is 1.64. The van der Waals surface area contributed by atoms with Crippen molar-refractivity contribution in [2.24, 2.45) is 0 Å². The third kappa shape index (κ3) is 2.34. The topological polar surface area (TPSA) is 18.5 Å². The quantitative estimate of drug-likeness (QED) is 0.675. The first kappa shape index (κ1) is 18.0. The number of hydrogen-bond donors (Lipinski definition) is 0. The minimum Gasteiger partial charge on any atom is -0.340 e. The summed E-state index contributed by atoms with van der Waals surface area (Å²) in [5.41, 5.74) is 0.851. The first-order valence-corrected chi connectivity index (χ1v) is 17.1. The van der Waals surface area contributed by atoms with Crippen LogP contribution in [0.25, 0.3) is 9.75 Å². The third-order valence-electron chi connectivity index (χ3n) is 4.62. The van der Waals surface area contributed by atoms with Crippen LogP contribution in [0.2, 0.25) is 39.3 Å². The fourth-order valence-corrected chi connectivity index (χ4v) is 10.2. The van der Waals surface area contributed by atoms with Crippen molar-refractivity contribution in [2.45, 2.75) is 45.1 Å². The lowest BCUT2D eigenvalue weighted by atomic mass is 10.1. The van der Waals surface area contributed by atoms with Gasteiger partial charge < -0.3 is 9.47 Å². The number of halogens is 2. The molecule has 2 aromatic rings. The minimum atomic E-state index is -1.85. The highest BCUT2D eigenvalue weighted by atomic mass is 32.1.